The molecule has 0 saturated carbocycles. The summed E-state index contributed by atoms with van der Waals surface area (Å²) in [7, 11) is 0. The van der Waals surface area contributed by atoms with Crippen LogP contribution in [0, 0.1) is 0 Å². The van der Waals surface area contributed by atoms with Crippen molar-refractivity contribution < 1.29 is 19.8 Å². The molecule has 0 heterocycles. The summed E-state index contributed by atoms with van der Waals surface area (Å²) < 4.78 is 0. The molecule has 1 unspecified atom stereocenters. The molecule has 1 aromatic rings. The number of aliphatic hydroxyl groups excluding tert-OH is 1. The molecule has 0 spiro atoms. The molecule has 1 aromatic carbocycles. The maximum Gasteiger partial charge on any atom is 0.328 e. The first kappa shape index (κ1) is 16.0. The molecule has 0 bridgehead atoms. The molecule has 20 heavy (non-hydrogen) atoms. The highest BCUT2D eigenvalue weighted by atomic mass is 16.4. The van der Waals surface area contributed by atoms with Crippen molar-refractivity contribution in [3.63, 3.8) is 0 Å². The third-order valence-electron chi connectivity index (χ3n) is 2.97. The van der Waals surface area contributed by atoms with Gasteiger partial charge in [0.05, 0.1) is 6.10 Å². The van der Waals surface area contributed by atoms with Gasteiger partial charge in [0.15, 0.2) is 6.04 Å². The number of aliphatic carboxylic acids is 1. The Balaban J connectivity index is 2.45. The van der Waals surface area contributed by atoms with Crippen molar-refractivity contribution in [2.24, 2.45) is 0 Å². The third kappa shape index (κ3) is 4.89. The van der Waals surface area contributed by atoms with Gasteiger partial charge in [-0.1, -0.05) is 37.3 Å². The number of urea groups is 1. The van der Waals surface area contributed by atoms with Crippen molar-refractivity contribution >= 4 is 12.0 Å². The number of rotatable bonds is 6. The van der Waals surface area contributed by atoms with E-state index in [1.165, 1.54) is 6.92 Å². The van der Waals surface area contributed by atoms with Crippen LogP contribution in [0.25, 0.3) is 0 Å². The van der Waals surface area contributed by atoms with Crippen molar-refractivity contribution in [3.05, 3.63) is 35.9 Å². The summed E-state index contributed by atoms with van der Waals surface area (Å²) in [5.41, 5.74) is 1.08. The van der Waals surface area contributed by atoms with E-state index in [1.54, 1.807) is 0 Å². The van der Waals surface area contributed by atoms with Crippen LogP contribution < -0.4 is 10.6 Å². The summed E-state index contributed by atoms with van der Waals surface area (Å²) in [6.45, 7) is 3.65. The van der Waals surface area contributed by atoms with Gasteiger partial charge in [0, 0.05) is 6.54 Å². The molecule has 0 saturated heterocycles. The minimum atomic E-state index is -1.32. The molecule has 0 aromatic heterocycles. The van der Waals surface area contributed by atoms with E-state index in [1.807, 2.05) is 37.3 Å². The molecular formula is C14H20N2O4. The van der Waals surface area contributed by atoms with E-state index in [4.69, 9.17) is 5.11 Å². The van der Waals surface area contributed by atoms with Gasteiger partial charge in [-0.3, -0.25) is 0 Å². The highest BCUT2D eigenvalue weighted by Gasteiger charge is 2.24. The minimum Gasteiger partial charge on any atom is -0.480 e. The Morgan fingerprint density at radius 3 is 2.30 bits per heavy atom. The summed E-state index contributed by atoms with van der Waals surface area (Å²) in [6.07, 6.45) is -1.16. The van der Waals surface area contributed by atoms with Crippen molar-refractivity contribution in [2.75, 3.05) is 6.54 Å². The second-order valence-corrected chi connectivity index (χ2v) is 4.72. The largest absolute Gasteiger partial charge is 0.480 e. The van der Waals surface area contributed by atoms with Crippen LogP contribution in [0.4, 0.5) is 4.79 Å². The number of carboxylic acids is 1. The summed E-state index contributed by atoms with van der Waals surface area (Å²) >= 11 is 0. The Kier molecular flexibility index (Phi) is 5.99. The van der Waals surface area contributed by atoms with Crippen LogP contribution in [0.15, 0.2) is 30.3 Å². The molecule has 0 radical (unpaired) electrons. The number of nitrogens with one attached hydrogen (secondary N) is 2. The van der Waals surface area contributed by atoms with Crippen LogP contribution in [-0.2, 0) is 4.79 Å². The van der Waals surface area contributed by atoms with Gasteiger partial charge in [0.1, 0.15) is 0 Å². The zero-order valence-electron chi connectivity index (χ0n) is 11.5. The van der Waals surface area contributed by atoms with Crippen LogP contribution >= 0.6 is 0 Å². The number of hydrogen-bond donors (Lipinski definition) is 4. The Hall–Kier alpha value is -2.08. The highest BCUT2D eigenvalue weighted by Crippen LogP contribution is 2.12. The van der Waals surface area contributed by atoms with Crippen LogP contribution in [0.5, 0.6) is 0 Å². The van der Waals surface area contributed by atoms with Gasteiger partial charge in [0.25, 0.3) is 0 Å². The van der Waals surface area contributed by atoms with E-state index < -0.39 is 24.1 Å². The quantitative estimate of drug-likeness (QED) is 0.623. The summed E-state index contributed by atoms with van der Waals surface area (Å²) in [5.74, 6) is -1.16. The fourth-order valence-electron chi connectivity index (χ4n) is 1.73. The van der Waals surface area contributed by atoms with Crippen LogP contribution in [0.3, 0.4) is 0 Å². The predicted molar refractivity (Wildman–Crippen MR) is 74.5 cm³/mol. The van der Waals surface area contributed by atoms with Gasteiger partial charge in [0.2, 0.25) is 0 Å². The van der Waals surface area contributed by atoms with E-state index in [0.717, 1.165) is 5.56 Å². The molecule has 0 aliphatic heterocycles. The van der Waals surface area contributed by atoms with Crippen molar-refractivity contribution in [1.29, 1.82) is 0 Å². The Bertz CT molecular complexity index is 448. The standard InChI is InChI=1S/C14H20N2O4/c1-9(11-6-4-3-5-7-11)8-15-14(20)16-12(10(2)17)13(18)19/h3-7,9-10,12,17H,8H2,1-2H3,(H,18,19)(H2,15,16,20)/t9?,10-,12+/m1/s1. The first-order valence-corrected chi connectivity index (χ1v) is 6.42. The second-order valence-electron chi connectivity index (χ2n) is 4.72. The zero-order valence-corrected chi connectivity index (χ0v) is 11.5. The fraction of sp³-hybridized carbons (Fsp3) is 0.429. The normalized spacial score (nSPS) is 14.9. The van der Waals surface area contributed by atoms with E-state index in [2.05, 4.69) is 10.6 Å². The number of benzene rings is 1. The van der Waals surface area contributed by atoms with Gasteiger partial charge in [-0.25, -0.2) is 9.59 Å². The lowest BCUT2D eigenvalue weighted by atomic mass is 10.0. The smallest absolute Gasteiger partial charge is 0.328 e. The predicted octanol–water partition coefficient (Wildman–Crippen LogP) is 0.923. The van der Waals surface area contributed by atoms with Gasteiger partial charge in [-0.05, 0) is 18.4 Å². The van der Waals surface area contributed by atoms with Gasteiger partial charge >= 0.3 is 12.0 Å². The number of amides is 2. The zero-order chi connectivity index (χ0) is 15.1. The van der Waals surface area contributed by atoms with Crippen LogP contribution in [-0.4, -0.2) is 40.9 Å². The molecule has 6 nitrogen and oxygen atoms in total. The average molecular weight is 280 g/mol. The molecule has 110 valence electrons. The maximum absolute atomic E-state index is 11.6. The molecule has 6 heteroatoms. The monoisotopic (exact) mass is 280 g/mol. The number of aliphatic hydroxyl groups is 1. The minimum absolute atomic E-state index is 0.108. The van der Waals surface area contributed by atoms with Crippen molar-refractivity contribution in [1.82, 2.24) is 10.6 Å². The molecular weight excluding hydrogens is 260 g/mol. The summed E-state index contributed by atoms with van der Waals surface area (Å²) in [5, 5.41) is 22.9. The first-order chi connectivity index (χ1) is 9.41. The topological polar surface area (TPSA) is 98.7 Å². The van der Waals surface area contributed by atoms with E-state index in [-0.39, 0.29) is 5.92 Å². The van der Waals surface area contributed by atoms with Crippen LogP contribution in [0.2, 0.25) is 0 Å². The lowest BCUT2D eigenvalue weighted by Crippen LogP contribution is -2.51. The molecule has 2 amide bonds. The molecule has 0 aliphatic rings. The average Bonchev–Trinajstić information content (AvgIpc) is 2.42. The molecule has 4 N–H and O–H groups in total. The Labute approximate surface area is 117 Å². The summed E-state index contributed by atoms with van der Waals surface area (Å²) in [6, 6.07) is 7.74. The number of hydrogen-bond acceptors (Lipinski definition) is 3. The van der Waals surface area contributed by atoms with E-state index in [9.17, 15) is 14.7 Å². The first-order valence-electron chi connectivity index (χ1n) is 6.42. The number of carbonyl (C=O) groups excluding carboxylic acids is 1. The van der Waals surface area contributed by atoms with E-state index in [0.29, 0.717) is 6.54 Å². The molecule has 0 aliphatic carbocycles. The van der Waals surface area contributed by atoms with E-state index >= 15 is 0 Å². The van der Waals surface area contributed by atoms with Gasteiger partial charge in [-0.15, -0.1) is 0 Å². The Morgan fingerprint density at radius 2 is 1.80 bits per heavy atom. The SMILES string of the molecule is CC(CNC(=O)N[C@H](C(=O)O)[C@@H](C)O)c1ccccc1. The molecule has 1 rings (SSSR count). The van der Waals surface area contributed by atoms with Crippen molar-refractivity contribution in [3.8, 4) is 0 Å². The van der Waals surface area contributed by atoms with Gasteiger partial charge in [-0.2, -0.15) is 0 Å². The molecule has 3 atom stereocenters. The third-order valence-corrected chi connectivity index (χ3v) is 2.97. The Morgan fingerprint density at radius 1 is 1.20 bits per heavy atom. The fourth-order valence-corrected chi connectivity index (χ4v) is 1.73. The van der Waals surface area contributed by atoms with Crippen LogP contribution in [0.1, 0.15) is 25.3 Å². The summed E-state index contributed by atoms with van der Waals surface area (Å²) in [4.78, 5) is 22.4. The maximum atomic E-state index is 11.6. The lowest BCUT2D eigenvalue weighted by Gasteiger charge is -2.19. The number of carboxylic acid groups (broad SMARTS) is 1. The highest BCUT2D eigenvalue weighted by molar-refractivity contribution is 5.82. The molecule has 0 fully saturated rings. The lowest BCUT2D eigenvalue weighted by molar-refractivity contribution is -0.141. The van der Waals surface area contributed by atoms with Crippen molar-refractivity contribution in [2.45, 2.75) is 31.9 Å². The second kappa shape index (κ2) is 7.49. The van der Waals surface area contributed by atoms with Gasteiger partial charge < -0.3 is 20.8 Å². The number of carbonyl (C=O) groups is 2.